The Morgan fingerprint density at radius 1 is 1.32 bits per heavy atom. The minimum atomic E-state index is -1.21. The maximum atomic E-state index is 15.0. The van der Waals surface area contributed by atoms with E-state index in [2.05, 4.69) is 51.2 Å². The SMILES string of the molecule is C[Si](C)(C)CCOCn1cc(Br)c2c(Oc3c(F)cc(NC(=O)NC4CC45CCOC5)cc3F)ccnc21. The molecule has 1 aliphatic carbocycles. The number of carbonyl (C=O) groups is 1. The van der Waals surface area contributed by atoms with Gasteiger partial charge in [0.2, 0.25) is 0 Å². The fourth-order valence-electron chi connectivity index (χ4n) is 4.64. The average molecular weight is 610 g/mol. The fourth-order valence-corrected chi connectivity index (χ4v) is 6.02. The molecule has 3 aromatic rings. The van der Waals surface area contributed by atoms with E-state index >= 15 is 0 Å². The van der Waals surface area contributed by atoms with E-state index in [0.717, 1.165) is 31.0 Å². The summed E-state index contributed by atoms with van der Waals surface area (Å²) in [4.78, 5) is 16.8. The van der Waals surface area contributed by atoms with Gasteiger partial charge in [0.15, 0.2) is 17.4 Å². The van der Waals surface area contributed by atoms with Crippen LogP contribution in [0.1, 0.15) is 12.8 Å². The Balaban J connectivity index is 1.27. The molecule has 3 heterocycles. The van der Waals surface area contributed by atoms with E-state index in [4.69, 9.17) is 14.2 Å². The lowest BCUT2D eigenvalue weighted by molar-refractivity contribution is 0.0898. The van der Waals surface area contributed by atoms with Crippen molar-refractivity contribution >= 4 is 46.8 Å². The highest BCUT2D eigenvalue weighted by Crippen LogP contribution is 2.52. The van der Waals surface area contributed by atoms with Gasteiger partial charge in [-0.25, -0.2) is 18.6 Å². The molecule has 1 aromatic carbocycles. The predicted octanol–water partition coefficient (Wildman–Crippen LogP) is 6.48. The molecule has 0 bridgehead atoms. The van der Waals surface area contributed by atoms with E-state index in [-0.39, 0.29) is 22.9 Å². The Bertz CT molecular complexity index is 1330. The zero-order chi connectivity index (χ0) is 27.1. The van der Waals surface area contributed by atoms with Gasteiger partial charge in [-0.1, -0.05) is 19.6 Å². The number of rotatable bonds is 9. The Hall–Kier alpha value is -2.54. The number of nitrogens with one attached hydrogen (secondary N) is 2. The number of carbonyl (C=O) groups excluding carboxylic acids is 1. The van der Waals surface area contributed by atoms with Crippen LogP contribution in [0, 0.1) is 17.0 Å². The maximum absolute atomic E-state index is 15.0. The maximum Gasteiger partial charge on any atom is 0.319 e. The Morgan fingerprint density at radius 2 is 2.08 bits per heavy atom. The highest BCUT2D eigenvalue weighted by Gasteiger charge is 2.57. The summed E-state index contributed by atoms with van der Waals surface area (Å²) in [5.41, 5.74) is 0.558. The van der Waals surface area contributed by atoms with Crippen molar-refractivity contribution in [2.75, 3.05) is 25.1 Å². The summed E-state index contributed by atoms with van der Waals surface area (Å²) < 4.78 is 49.4. The van der Waals surface area contributed by atoms with E-state index in [0.29, 0.717) is 42.1 Å². The van der Waals surface area contributed by atoms with Crippen molar-refractivity contribution in [3.8, 4) is 11.5 Å². The molecule has 12 heteroatoms. The van der Waals surface area contributed by atoms with Crippen LogP contribution in [-0.4, -0.2) is 49.5 Å². The molecular weight excluding hydrogens is 578 g/mol. The first-order valence-corrected chi connectivity index (χ1v) is 17.1. The topological polar surface area (TPSA) is 86.6 Å². The van der Waals surface area contributed by atoms with Gasteiger partial charge in [0.25, 0.3) is 0 Å². The first-order chi connectivity index (χ1) is 18.0. The summed E-state index contributed by atoms with van der Waals surface area (Å²) in [5.74, 6) is -2.22. The minimum Gasteiger partial charge on any atom is -0.450 e. The van der Waals surface area contributed by atoms with Gasteiger partial charge in [-0.15, -0.1) is 0 Å². The number of urea groups is 1. The Labute approximate surface area is 229 Å². The summed E-state index contributed by atoms with van der Waals surface area (Å²) in [6.07, 6.45) is 5.07. The number of halogens is 3. The first-order valence-electron chi connectivity index (χ1n) is 12.6. The van der Waals surface area contributed by atoms with Gasteiger partial charge in [0.05, 0.1) is 12.0 Å². The number of amides is 2. The molecule has 2 aliphatic rings. The number of anilines is 1. The molecule has 1 saturated carbocycles. The molecule has 1 spiro atoms. The Kier molecular flexibility index (Phi) is 7.51. The molecule has 2 aromatic heterocycles. The van der Waals surface area contributed by atoms with Gasteiger partial charge in [0, 0.05) is 67.4 Å². The van der Waals surface area contributed by atoms with E-state index in [1.54, 1.807) is 12.3 Å². The second kappa shape index (κ2) is 10.6. The average Bonchev–Trinajstić information content (AvgIpc) is 3.12. The normalized spacial score (nSPS) is 20.7. The molecule has 0 radical (unpaired) electrons. The molecule has 38 heavy (non-hydrogen) atoms. The summed E-state index contributed by atoms with van der Waals surface area (Å²) in [5, 5.41) is 5.93. The van der Waals surface area contributed by atoms with Gasteiger partial charge in [-0.2, -0.15) is 0 Å². The van der Waals surface area contributed by atoms with Crippen molar-refractivity contribution in [2.24, 2.45) is 5.41 Å². The van der Waals surface area contributed by atoms with Crippen LogP contribution in [0.3, 0.4) is 0 Å². The minimum absolute atomic E-state index is 0.00731. The number of benzene rings is 1. The van der Waals surface area contributed by atoms with Crippen molar-refractivity contribution in [1.82, 2.24) is 14.9 Å². The van der Waals surface area contributed by atoms with Gasteiger partial charge < -0.3 is 29.4 Å². The Morgan fingerprint density at radius 3 is 2.76 bits per heavy atom. The van der Waals surface area contributed by atoms with E-state index < -0.39 is 31.5 Å². The van der Waals surface area contributed by atoms with Crippen LogP contribution in [0.2, 0.25) is 25.7 Å². The number of nitrogens with zero attached hydrogens (tertiary/aromatic N) is 2. The van der Waals surface area contributed by atoms with Gasteiger partial charge >= 0.3 is 6.03 Å². The number of hydrogen-bond acceptors (Lipinski definition) is 5. The number of fused-ring (bicyclic) bond motifs is 1. The van der Waals surface area contributed by atoms with E-state index in [1.165, 1.54) is 6.20 Å². The molecule has 2 fully saturated rings. The van der Waals surface area contributed by atoms with Crippen LogP contribution < -0.4 is 15.4 Å². The molecule has 2 amide bonds. The molecule has 2 atom stereocenters. The highest BCUT2D eigenvalue weighted by atomic mass is 79.9. The zero-order valence-electron chi connectivity index (χ0n) is 21.6. The second-order valence-electron chi connectivity index (χ2n) is 11.2. The smallest absolute Gasteiger partial charge is 0.319 e. The van der Waals surface area contributed by atoms with Crippen molar-refractivity contribution in [3.63, 3.8) is 0 Å². The monoisotopic (exact) mass is 608 g/mol. The number of ether oxygens (including phenoxy) is 3. The van der Waals surface area contributed by atoms with Crippen LogP contribution in [0.15, 0.2) is 35.1 Å². The van der Waals surface area contributed by atoms with Gasteiger partial charge in [-0.05, 0) is 40.9 Å². The number of hydrogen-bond donors (Lipinski definition) is 2. The predicted molar refractivity (Wildman–Crippen MR) is 146 cm³/mol. The molecule has 1 saturated heterocycles. The second-order valence-corrected chi connectivity index (χ2v) is 17.7. The molecule has 5 rings (SSSR count). The lowest BCUT2D eigenvalue weighted by Gasteiger charge is -2.15. The lowest BCUT2D eigenvalue weighted by Crippen LogP contribution is -2.33. The molecule has 1 aliphatic heterocycles. The van der Waals surface area contributed by atoms with Crippen LogP contribution in [0.5, 0.6) is 11.5 Å². The van der Waals surface area contributed by atoms with Gasteiger partial charge in [0.1, 0.15) is 18.1 Å². The van der Waals surface area contributed by atoms with E-state index in [9.17, 15) is 13.6 Å². The van der Waals surface area contributed by atoms with Crippen LogP contribution in [-0.2, 0) is 16.2 Å². The summed E-state index contributed by atoms with van der Waals surface area (Å²) in [6, 6.07) is 4.14. The number of aromatic nitrogens is 2. The summed E-state index contributed by atoms with van der Waals surface area (Å²) in [7, 11) is -1.21. The molecule has 204 valence electrons. The molecule has 2 N–H and O–H groups in total. The third-order valence-corrected chi connectivity index (χ3v) is 9.30. The van der Waals surface area contributed by atoms with Gasteiger partial charge in [-0.3, -0.25) is 0 Å². The number of pyridine rings is 1. The zero-order valence-corrected chi connectivity index (χ0v) is 24.2. The van der Waals surface area contributed by atoms with Crippen LogP contribution in [0.4, 0.5) is 19.3 Å². The third kappa shape index (κ3) is 5.87. The quantitative estimate of drug-likeness (QED) is 0.214. The highest BCUT2D eigenvalue weighted by molar-refractivity contribution is 9.10. The van der Waals surface area contributed by atoms with Crippen LogP contribution in [0.25, 0.3) is 11.0 Å². The first kappa shape index (κ1) is 27.0. The molecular formula is C26H31BrF2N4O4Si. The van der Waals surface area contributed by atoms with Crippen molar-refractivity contribution in [1.29, 1.82) is 0 Å². The standard InChI is InChI=1S/C26H31BrF2N4O4Si/c1-38(2,3)9-8-36-15-33-13-17(27)22-20(4-6-30-24(22)33)37-23-18(28)10-16(11-19(23)29)31-25(34)32-21-12-26(21)5-7-35-14-26/h4,6,10-11,13,21H,5,7-9,12,14-15H2,1-3H3,(H2,31,32,34). The summed E-state index contributed by atoms with van der Waals surface area (Å²) in [6.45, 7) is 9.11. The third-order valence-electron chi connectivity index (χ3n) is 7.00. The lowest BCUT2D eigenvalue weighted by atomic mass is 10.1. The van der Waals surface area contributed by atoms with Crippen molar-refractivity contribution in [3.05, 3.63) is 46.7 Å². The van der Waals surface area contributed by atoms with E-state index in [1.807, 2.05) is 4.57 Å². The fraction of sp³-hybridized carbons (Fsp3) is 0.462. The largest absolute Gasteiger partial charge is 0.450 e. The molecule has 8 nitrogen and oxygen atoms in total. The van der Waals surface area contributed by atoms with Crippen LogP contribution >= 0.6 is 15.9 Å². The molecule has 2 unspecified atom stereocenters. The van der Waals surface area contributed by atoms with Crippen molar-refractivity contribution < 1.29 is 27.8 Å². The van der Waals surface area contributed by atoms with Crippen molar-refractivity contribution in [2.45, 2.75) is 51.3 Å². The summed E-state index contributed by atoms with van der Waals surface area (Å²) >= 11 is 3.51.